The Bertz CT molecular complexity index is 558. The number of pyridine rings is 1. The predicted octanol–water partition coefficient (Wildman–Crippen LogP) is 2.57. The van der Waals surface area contributed by atoms with Crippen molar-refractivity contribution < 1.29 is 4.74 Å². The molecule has 90 valence electrons. The Labute approximate surface area is 106 Å². The van der Waals surface area contributed by atoms with Crippen LogP contribution in [0.25, 0.3) is 0 Å². The van der Waals surface area contributed by atoms with E-state index in [2.05, 4.69) is 10.3 Å². The van der Waals surface area contributed by atoms with Gasteiger partial charge in [0.15, 0.2) is 0 Å². The largest absolute Gasteiger partial charge is 0.473 e. The van der Waals surface area contributed by atoms with E-state index in [1.807, 2.05) is 37.4 Å². The number of anilines is 1. The molecule has 0 fully saturated rings. The standard InChI is InChI=1S/C14H13N3O/c1-16-12-7-5-11(6-8-12)10-18-14-4-2-3-13(9-15)17-14/h2-8,16H,10H2,1H3. The van der Waals surface area contributed by atoms with Crippen LogP contribution in [0.15, 0.2) is 42.5 Å². The maximum absolute atomic E-state index is 8.73. The molecule has 1 aromatic heterocycles. The molecule has 0 unspecified atom stereocenters. The third-order valence-corrected chi connectivity index (χ3v) is 2.47. The van der Waals surface area contributed by atoms with Crippen LogP contribution >= 0.6 is 0 Å². The van der Waals surface area contributed by atoms with E-state index < -0.39 is 0 Å². The molecule has 0 aliphatic rings. The lowest BCUT2D eigenvalue weighted by Crippen LogP contribution is -1.98. The highest BCUT2D eigenvalue weighted by Gasteiger charge is 1.99. The summed E-state index contributed by atoms with van der Waals surface area (Å²) in [4.78, 5) is 4.04. The van der Waals surface area contributed by atoms with E-state index in [1.54, 1.807) is 18.2 Å². The fraction of sp³-hybridized carbons (Fsp3) is 0.143. The van der Waals surface area contributed by atoms with E-state index in [0.29, 0.717) is 18.2 Å². The maximum atomic E-state index is 8.73. The Kier molecular flexibility index (Phi) is 3.77. The molecular weight excluding hydrogens is 226 g/mol. The molecule has 2 rings (SSSR count). The molecule has 0 amide bonds. The molecule has 0 saturated carbocycles. The van der Waals surface area contributed by atoms with Gasteiger partial charge in [0.05, 0.1) is 0 Å². The fourth-order valence-corrected chi connectivity index (χ4v) is 1.48. The summed E-state index contributed by atoms with van der Waals surface area (Å²) in [5, 5.41) is 11.8. The average molecular weight is 239 g/mol. The molecule has 0 radical (unpaired) electrons. The second kappa shape index (κ2) is 5.69. The Balaban J connectivity index is 2.00. The zero-order valence-corrected chi connectivity index (χ0v) is 10.1. The van der Waals surface area contributed by atoms with E-state index in [9.17, 15) is 0 Å². The number of nitriles is 1. The van der Waals surface area contributed by atoms with Gasteiger partial charge in [-0.2, -0.15) is 5.26 Å². The minimum atomic E-state index is 0.359. The van der Waals surface area contributed by atoms with Crippen LogP contribution in [0.1, 0.15) is 11.3 Å². The average Bonchev–Trinajstić information content (AvgIpc) is 2.46. The number of hydrogen-bond donors (Lipinski definition) is 1. The first-order valence-corrected chi connectivity index (χ1v) is 5.58. The number of nitrogens with zero attached hydrogens (tertiary/aromatic N) is 2. The van der Waals surface area contributed by atoms with Gasteiger partial charge < -0.3 is 10.1 Å². The van der Waals surface area contributed by atoms with Gasteiger partial charge in [-0.1, -0.05) is 18.2 Å². The highest BCUT2D eigenvalue weighted by molar-refractivity contribution is 5.43. The topological polar surface area (TPSA) is 57.9 Å². The molecule has 0 atom stereocenters. The molecule has 0 aliphatic heterocycles. The summed E-state index contributed by atoms with van der Waals surface area (Å²) in [7, 11) is 1.88. The van der Waals surface area contributed by atoms with Crippen molar-refractivity contribution in [2.45, 2.75) is 6.61 Å². The highest BCUT2D eigenvalue weighted by Crippen LogP contribution is 2.12. The molecule has 4 heteroatoms. The zero-order valence-electron chi connectivity index (χ0n) is 10.1. The Morgan fingerprint density at radius 2 is 2.00 bits per heavy atom. The van der Waals surface area contributed by atoms with Gasteiger partial charge in [0.2, 0.25) is 5.88 Å². The van der Waals surface area contributed by atoms with E-state index in [0.717, 1.165) is 11.3 Å². The molecule has 0 spiro atoms. The third kappa shape index (κ3) is 2.98. The second-order valence-electron chi connectivity index (χ2n) is 3.71. The molecule has 4 nitrogen and oxygen atoms in total. The van der Waals surface area contributed by atoms with Gasteiger partial charge in [-0.05, 0) is 23.8 Å². The van der Waals surface area contributed by atoms with Crippen LogP contribution in [0.4, 0.5) is 5.69 Å². The number of aromatic nitrogens is 1. The van der Waals surface area contributed by atoms with Crippen molar-refractivity contribution in [1.29, 1.82) is 5.26 Å². The van der Waals surface area contributed by atoms with Gasteiger partial charge in [0, 0.05) is 18.8 Å². The van der Waals surface area contributed by atoms with E-state index in [-0.39, 0.29) is 0 Å². The molecule has 1 aromatic carbocycles. The summed E-state index contributed by atoms with van der Waals surface area (Å²) in [6, 6.07) is 15.1. The first kappa shape index (κ1) is 11.9. The van der Waals surface area contributed by atoms with Crippen LogP contribution in [0.3, 0.4) is 0 Å². The van der Waals surface area contributed by atoms with Gasteiger partial charge in [-0.15, -0.1) is 0 Å². The molecule has 1 heterocycles. The number of hydrogen-bond acceptors (Lipinski definition) is 4. The van der Waals surface area contributed by atoms with Crippen LogP contribution < -0.4 is 10.1 Å². The SMILES string of the molecule is CNc1ccc(COc2cccc(C#N)n2)cc1. The van der Waals surface area contributed by atoms with E-state index in [1.165, 1.54) is 0 Å². The molecule has 0 aliphatic carbocycles. The number of ether oxygens (including phenoxy) is 1. The zero-order chi connectivity index (χ0) is 12.8. The first-order valence-electron chi connectivity index (χ1n) is 5.58. The van der Waals surface area contributed by atoms with Crippen molar-refractivity contribution in [2.75, 3.05) is 12.4 Å². The minimum Gasteiger partial charge on any atom is -0.473 e. The summed E-state index contributed by atoms with van der Waals surface area (Å²) in [6.45, 7) is 0.436. The van der Waals surface area contributed by atoms with E-state index in [4.69, 9.17) is 10.00 Å². The lowest BCUT2D eigenvalue weighted by Gasteiger charge is -2.06. The lowest BCUT2D eigenvalue weighted by atomic mass is 10.2. The summed E-state index contributed by atoms with van der Waals surface area (Å²) in [6.07, 6.45) is 0. The Hall–Kier alpha value is -2.54. The van der Waals surface area contributed by atoms with Crippen LogP contribution in [-0.2, 0) is 6.61 Å². The summed E-state index contributed by atoms with van der Waals surface area (Å²) in [5.74, 6) is 0.465. The summed E-state index contributed by atoms with van der Waals surface area (Å²) < 4.78 is 5.53. The number of rotatable bonds is 4. The van der Waals surface area contributed by atoms with Gasteiger partial charge in [0.25, 0.3) is 0 Å². The van der Waals surface area contributed by atoms with Crippen molar-refractivity contribution in [3.63, 3.8) is 0 Å². The lowest BCUT2D eigenvalue weighted by molar-refractivity contribution is 0.293. The summed E-state index contributed by atoms with van der Waals surface area (Å²) in [5.41, 5.74) is 2.47. The Morgan fingerprint density at radius 1 is 1.22 bits per heavy atom. The maximum Gasteiger partial charge on any atom is 0.214 e. The number of nitrogens with one attached hydrogen (secondary N) is 1. The molecule has 0 bridgehead atoms. The Morgan fingerprint density at radius 3 is 2.67 bits per heavy atom. The van der Waals surface area contributed by atoms with Crippen LogP contribution in [-0.4, -0.2) is 12.0 Å². The third-order valence-electron chi connectivity index (χ3n) is 2.47. The minimum absolute atomic E-state index is 0.359. The summed E-state index contributed by atoms with van der Waals surface area (Å²) >= 11 is 0. The smallest absolute Gasteiger partial charge is 0.214 e. The van der Waals surface area contributed by atoms with Crippen LogP contribution in [0.5, 0.6) is 5.88 Å². The molecule has 1 N–H and O–H groups in total. The van der Waals surface area contributed by atoms with Crippen molar-refractivity contribution in [3.05, 3.63) is 53.7 Å². The molecule has 2 aromatic rings. The van der Waals surface area contributed by atoms with Crippen molar-refractivity contribution in [3.8, 4) is 11.9 Å². The number of benzene rings is 1. The van der Waals surface area contributed by atoms with Crippen molar-refractivity contribution >= 4 is 5.69 Å². The van der Waals surface area contributed by atoms with Crippen molar-refractivity contribution in [1.82, 2.24) is 4.98 Å². The van der Waals surface area contributed by atoms with Gasteiger partial charge >= 0.3 is 0 Å². The first-order chi connectivity index (χ1) is 8.81. The van der Waals surface area contributed by atoms with Crippen molar-refractivity contribution in [2.24, 2.45) is 0 Å². The van der Waals surface area contributed by atoms with E-state index >= 15 is 0 Å². The highest BCUT2D eigenvalue weighted by atomic mass is 16.5. The van der Waals surface area contributed by atoms with Gasteiger partial charge in [-0.25, -0.2) is 4.98 Å². The molecular formula is C14H13N3O. The van der Waals surface area contributed by atoms with Crippen LogP contribution in [0.2, 0.25) is 0 Å². The second-order valence-corrected chi connectivity index (χ2v) is 3.71. The predicted molar refractivity (Wildman–Crippen MR) is 69.3 cm³/mol. The molecule has 0 saturated heterocycles. The molecule has 18 heavy (non-hydrogen) atoms. The fourth-order valence-electron chi connectivity index (χ4n) is 1.48. The normalized spacial score (nSPS) is 9.56. The van der Waals surface area contributed by atoms with Gasteiger partial charge in [0.1, 0.15) is 18.4 Å². The quantitative estimate of drug-likeness (QED) is 0.890. The van der Waals surface area contributed by atoms with Crippen LogP contribution in [0, 0.1) is 11.3 Å². The van der Waals surface area contributed by atoms with Gasteiger partial charge in [-0.3, -0.25) is 0 Å². The monoisotopic (exact) mass is 239 g/mol.